The Kier molecular flexibility index (Phi) is 4.32. The molecule has 0 aliphatic carbocycles. The molecule has 21 heavy (non-hydrogen) atoms. The van der Waals surface area contributed by atoms with Crippen LogP contribution in [0.25, 0.3) is 0 Å². The third-order valence-corrected chi connectivity index (χ3v) is 4.75. The molecule has 1 N–H and O–H groups in total. The third-order valence-electron chi connectivity index (χ3n) is 4.22. The van der Waals surface area contributed by atoms with Gasteiger partial charge in [-0.3, -0.25) is 0 Å². The van der Waals surface area contributed by atoms with Crippen molar-refractivity contribution in [3.8, 4) is 5.75 Å². The minimum Gasteiger partial charge on any atom is -0.494 e. The van der Waals surface area contributed by atoms with E-state index in [9.17, 15) is 0 Å². The van der Waals surface area contributed by atoms with Crippen LogP contribution < -0.4 is 10.1 Å². The summed E-state index contributed by atoms with van der Waals surface area (Å²) in [5.41, 5.74) is 3.00. The zero-order valence-electron chi connectivity index (χ0n) is 12.2. The number of hydrogen-bond donors (Lipinski definition) is 1. The fourth-order valence-corrected chi connectivity index (χ4v) is 3.09. The molecule has 3 rings (SSSR count). The Labute approximate surface area is 134 Å². The monoisotopic (exact) mass is 345 g/mol. The van der Waals surface area contributed by atoms with Crippen LogP contribution in [0.5, 0.6) is 5.75 Å². The molecule has 1 aliphatic heterocycles. The highest BCUT2D eigenvalue weighted by molar-refractivity contribution is 9.10. The number of halogens is 1. The van der Waals surface area contributed by atoms with Gasteiger partial charge >= 0.3 is 0 Å². The van der Waals surface area contributed by atoms with Crippen molar-refractivity contribution in [2.24, 2.45) is 0 Å². The van der Waals surface area contributed by atoms with Gasteiger partial charge in [-0.05, 0) is 43.2 Å². The molecule has 1 saturated heterocycles. The van der Waals surface area contributed by atoms with Crippen LogP contribution in [-0.4, -0.2) is 19.7 Å². The van der Waals surface area contributed by atoms with E-state index in [0.29, 0.717) is 0 Å². The largest absolute Gasteiger partial charge is 0.494 e. The topological polar surface area (TPSA) is 21.3 Å². The lowest BCUT2D eigenvalue weighted by atomic mass is 9.72. The highest BCUT2D eigenvalue weighted by Gasteiger charge is 2.38. The molecule has 3 heteroatoms. The fourth-order valence-electron chi connectivity index (χ4n) is 2.82. The summed E-state index contributed by atoms with van der Waals surface area (Å²) in [5.74, 6) is 0.935. The average molecular weight is 346 g/mol. The maximum atomic E-state index is 5.90. The van der Waals surface area contributed by atoms with Crippen LogP contribution in [0.4, 0.5) is 0 Å². The van der Waals surface area contributed by atoms with E-state index in [2.05, 4.69) is 52.4 Å². The van der Waals surface area contributed by atoms with E-state index in [1.165, 1.54) is 11.1 Å². The highest BCUT2D eigenvalue weighted by atomic mass is 79.9. The quantitative estimate of drug-likeness (QED) is 0.881. The standard InChI is InChI=1S/C18H20BrNO/c1-14-3-2-4-15(11-14)18(12-20-13-18)9-10-21-17-7-5-16(19)6-8-17/h2-8,11,20H,9-10,12-13H2,1H3. The first-order valence-corrected chi connectivity index (χ1v) is 8.14. The van der Waals surface area contributed by atoms with E-state index in [4.69, 9.17) is 4.74 Å². The van der Waals surface area contributed by atoms with E-state index < -0.39 is 0 Å². The summed E-state index contributed by atoms with van der Waals surface area (Å²) < 4.78 is 6.97. The molecule has 0 aromatic heterocycles. The van der Waals surface area contributed by atoms with Crippen LogP contribution in [0.1, 0.15) is 17.5 Å². The lowest BCUT2D eigenvalue weighted by Gasteiger charge is -2.43. The van der Waals surface area contributed by atoms with Crippen molar-refractivity contribution in [3.05, 3.63) is 64.1 Å². The van der Waals surface area contributed by atoms with Crippen molar-refractivity contribution in [2.75, 3.05) is 19.7 Å². The van der Waals surface area contributed by atoms with Gasteiger partial charge in [-0.2, -0.15) is 0 Å². The van der Waals surface area contributed by atoms with Gasteiger partial charge < -0.3 is 10.1 Å². The van der Waals surface area contributed by atoms with Crippen LogP contribution in [0.2, 0.25) is 0 Å². The highest BCUT2D eigenvalue weighted by Crippen LogP contribution is 2.33. The molecule has 1 heterocycles. The van der Waals surface area contributed by atoms with Crippen molar-refractivity contribution >= 4 is 15.9 Å². The third kappa shape index (κ3) is 3.30. The molecule has 110 valence electrons. The van der Waals surface area contributed by atoms with Crippen LogP contribution in [0, 0.1) is 6.92 Å². The molecule has 0 atom stereocenters. The van der Waals surface area contributed by atoms with Crippen LogP contribution in [0.15, 0.2) is 53.0 Å². The minimum absolute atomic E-state index is 0.237. The molecule has 0 amide bonds. The smallest absolute Gasteiger partial charge is 0.119 e. The van der Waals surface area contributed by atoms with E-state index in [0.717, 1.165) is 36.3 Å². The summed E-state index contributed by atoms with van der Waals surface area (Å²) in [7, 11) is 0. The molecule has 2 aromatic carbocycles. The lowest BCUT2D eigenvalue weighted by molar-refractivity contribution is 0.199. The summed E-state index contributed by atoms with van der Waals surface area (Å²) in [6.07, 6.45) is 1.04. The fraction of sp³-hybridized carbons (Fsp3) is 0.333. The summed E-state index contributed by atoms with van der Waals surface area (Å²) in [4.78, 5) is 0. The Hall–Kier alpha value is -1.32. The maximum absolute atomic E-state index is 5.90. The molecule has 2 aromatic rings. The normalized spacial score (nSPS) is 16.3. The van der Waals surface area contributed by atoms with Crippen molar-refractivity contribution < 1.29 is 4.74 Å². The van der Waals surface area contributed by atoms with Crippen molar-refractivity contribution in [3.63, 3.8) is 0 Å². The molecule has 0 saturated carbocycles. The first kappa shape index (κ1) is 14.6. The summed E-state index contributed by atoms with van der Waals surface area (Å²) in [6, 6.07) is 16.9. The van der Waals surface area contributed by atoms with E-state index in [-0.39, 0.29) is 5.41 Å². The van der Waals surface area contributed by atoms with Crippen molar-refractivity contribution in [1.29, 1.82) is 0 Å². The predicted octanol–water partition coefficient (Wildman–Crippen LogP) is 4.07. The van der Waals surface area contributed by atoms with Gasteiger partial charge in [0.05, 0.1) is 6.61 Å². The predicted molar refractivity (Wildman–Crippen MR) is 90.0 cm³/mol. The SMILES string of the molecule is Cc1cccc(C2(CCOc3ccc(Br)cc3)CNC2)c1. The summed E-state index contributed by atoms with van der Waals surface area (Å²) >= 11 is 3.44. The average Bonchev–Trinajstić information content (AvgIpc) is 2.44. The molecule has 2 nitrogen and oxygen atoms in total. The molecule has 0 radical (unpaired) electrons. The molecular formula is C18H20BrNO. The summed E-state index contributed by atoms with van der Waals surface area (Å²) in [6.45, 7) is 4.99. The number of rotatable bonds is 5. The number of ether oxygens (including phenoxy) is 1. The van der Waals surface area contributed by atoms with E-state index in [1.54, 1.807) is 0 Å². The molecule has 1 fully saturated rings. The minimum atomic E-state index is 0.237. The van der Waals surface area contributed by atoms with Gasteiger partial charge in [-0.15, -0.1) is 0 Å². The van der Waals surface area contributed by atoms with Crippen LogP contribution >= 0.6 is 15.9 Å². The lowest BCUT2D eigenvalue weighted by Crippen LogP contribution is -2.57. The van der Waals surface area contributed by atoms with Gasteiger partial charge in [0.25, 0.3) is 0 Å². The molecule has 1 aliphatic rings. The Morgan fingerprint density at radius 3 is 2.52 bits per heavy atom. The van der Waals surface area contributed by atoms with Gasteiger partial charge in [0, 0.05) is 23.0 Å². The second-order valence-corrected chi connectivity index (χ2v) is 6.72. The number of nitrogens with one attached hydrogen (secondary N) is 1. The molecule has 0 bridgehead atoms. The van der Waals surface area contributed by atoms with Crippen LogP contribution in [0.3, 0.4) is 0 Å². The number of benzene rings is 2. The molecule has 0 unspecified atom stereocenters. The van der Waals surface area contributed by atoms with E-state index in [1.807, 2.05) is 24.3 Å². The van der Waals surface area contributed by atoms with Gasteiger partial charge in [0.2, 0.25) is 0 Å². The van der Waals surface area contributed by atoms with Gasteiger partial charge in [0.1, 0.15) is 5.75 Å². The molecule has 0 spiro atoms. The Bertz CT molecular complexity index is 605. The Morgan fingerprint density at radius 2 is 1.90 bits per heavy atom. The Balaban J connectivity index is 1.63. The Morgan fingerprint density at radius 1 is 1.14 bits per heavy atom. The first-order chi connectivity index (χ1) is 10.2. The second kappa shape index (κ2) is 6.20. The van der Waals surface area contributed by atoms with Crippen LogP contribution in [-0.2, 0) is 5.41 Å². The number of hydrogen-bond acceptors (Lipinski definition) is 2. The van der Waals surface area contributed by atoms with Crippen molar-refractivity contribution in [1.82, 2.24) is 5.32 Å². The maximum Gasteiger partial charge on any atom is 0.119 e. The second-order valence-electron chi connectivity index (χ2n) is 5.81. The number of aryl methyl sites for hydroxylation is 1. The summed E-state index contributed by atoms with van der Waals surface area (Å²) in [5, 5.41) is 3.41. The zero-order chi connectivity index (χ0) is 14.7. The van der Waals surface area contributed by atoms with Gasteiger partial charge in [0.15, 0.2) is 0 Å². The van der Waals surface area contributed by atoms with Gasteiger partial charge in [-0.25, -0.2) is 0 Å². The zero-order valence-corrected chi connectivity index (χ0v) is 13.8. The van der Waals surface area contributed by atoms with Gasteiger partial charge in [-0.1, -0.05) is 45.8 Å². The molecular weight excluding hydrogens is 326 g/mol. The van der Waals surface area contributed by atoms with Crippen molar-refractivity contribution in [2.45, 2.75) is 18.8 Å². The first-order valence-electron chi connectivity index (χ1n) is 7.34. The van der Waals surface area contributed by atoms with E-state index >= 15 is 0 Å².